The number of carbonyl (C=O) groups excluding carboxylic acids is 3. The normalized spacial score (nSPS) is 14.2. The summed E-state index contributed by atoms with van der Waals surface area (Å²) in [5, 5.41) is 15.5. The number of nitrogens with one attached hydrogen (secondary N) is 2. The molecule has 0 fully saturated rings. The molecule has 0 aliphatic heterocycles. The van der Waals surface area contributed by atoms with Crippen LogP contribution in [-0.4, -0.2) is 58.2 Å². The molecule has 3 amide bonds. The topological polar surface area (TPSA) is 108 Å². The quantitative estimate of drug-likeness (QED) is 0.475. The lowest BCUT2D eigenvalue weighted by atomic mass is 9.92. The van der Waals surface area contributed by atoms with Crippen LogP contribution in [0.1, 0.15) is 84.0 Å². The molecule has 0 heterocycles. The maximum Gasteiger partial charge on any atom is 0.408 e. The number of aliphatic hydroxyl groups excluding tert-OH is 1. The van der Waals surface area contributed by atoms with E-state index in [1.54, 1.807) is 20.8 Å². The Kier molecular flexibility index (Phi) is 11.0. The van der Waals surface area contributed by atoms with Crippen molar-refractivity contribution in [3.05, 3.63) is 34.9 Å². The maximum absolute atomic E-state index is 13.7. The second-order valence-electron chi connectivity index (χ2n) is 10.1. The molecule has 34 heavy (non-hydrogen) atoms. The van der Waals surface area contributed by atoms with Gasteiger partial charge < -0.3 is 25.4 Å². The third-order valence-corrected chi connectivity index (χ3v) is 5.43. The van der Waals surface area contributed by atoms with Crippen molar-refractivity contribution >= 4 is 17.9 Å². The molecule has 1 rings (SSSR count). The van der Waals surface area contributed by atoms with Crippen LogP contribution in [0.4, 0.5) is 4.79 Å². The van der Waals surface area contributed by atoms with Gasteiger partial charge in [0.2, 0.25) is 11.8 Å². The minimum absolute atomic E-state index is 0.0676. The van der Waals surface area contributed by atoms with Crippen molar-refractivity contribution in [2.75, 3.05) is 6.61 Å². The third-order valence-electron chi connectivity index (χ3n) is 5.43. The number of nitrogens with zero attached hydrogens (tertiary/aromatic N) is 1. The Hall–Kier alpha value is -2.61. The van der Waals surface area contributed by atoms with Crippen molar-refractivity contribution in [3.63, 3.8) is 0 Å². The number of carbonyl (C=O) groups is 3. The average molecular weight is 478 g/mol. The molecule has 0 radical (unpaired) electrons. The highest BCUT2D eigenvalue weighted by molar-refractivity contribution is 5.93. The number of amides is 3. The van der Waals surface area contributed by atoms with Gasteiger partial charge in [0.15, 0.2) is 0 Å². The highest BCUT2D eigenvalue weighted by atomic mass is 16.6. The largest absolute Gasteiger partial charge is 0.444 e. The molecular formula is C26H43N3O5. The van der Waals surface area contributed by atoms with Crippen LogP contribution in [0.2, 0.25) is 0 Å². The van der Waals surface area contributed by atoms with Crippen molar-refractivity contribution in [1.29, 1.82) is 0 Å². The van der Waals surface area contributed by atoms with E-state index in [9.17, 15) is 19.5 Å². The Balaban J connectivity index is 3.47. The molecular weight excluding hydrogens is 434 g/mol. The van der Waals surface area contributed by atoms with Gasteiger partial charge in [0.1, 0.15) is 17.7 Å². The predicted molar refractivity (Wildman–Crippen MR) is 133 cm³/mol. The van der Waals surface area contributed by atoms with Crippen LogP contribution in [-0.2, 0) is 14.3 Å². The summed E-state index contributed by atoms with van der Waals surface area (Å²) in [4.78, 5) is 41.1. The van der Waals surface area contributed by atoms with E-state index in [1.165, 1.54) is 4.90 Å². The van der Waals surface area contributed by atoms with Crippen LogP contribution in [0.25, 0.3) is 0 Å². The van der Waals surface area contributed by atoms with E-state index >= 15 is 0 Å². The van der Waals surface area contributed by atoms with Crippen molar-refractivity contribution < 1.29 is 24.2 Å². The van der Waals surface area contributed by atoms with Gasteiger partial charge in [-0.1, -0.05) is 31.5 Å². The molecule has 0 saturated heterocycles. The lowest BCUT2D eigenvalue weighted by Crippen LogP contribution is -2.56. The first-order valence-corrected chi connectivity index (χ1v) is 12.0. The van der Waals surface area contributed by atoms with Crippen molar-refractivity contribution in [2.45, 2.75) is 105 Å². The number of aryl methyl sites for hydroxylation is 2. The van der Waals surface area contributed by atoms with E-state index in [0.29, 0.717) is 0 Å². The summed E-state index contributed by atoms with van der Waals surface area (Å²) >= 11 is 0. The van der Waals surface area contributed by atoms with Crippen LogP contribution < -0.4 is 10.6 Å². The summed E-state index contributed by atoms with van der Waals surface area (Å²) in [7, 11) is 0. The van der Waals surface area contributed by atoms with Gasteiger partial charge in [0.05, 0.1) is 6.61 Å². The summed E-state index contributed by atoms with van der Waals surface area (Å²) in [6.07, 6.45) is 0.905. The second kappa shape index (κ2) is 12.7. The molecule has 0 aliphatic rings. The molecule has 8 heteroatoms. The summed E-state index contributed by atoms with van der Waals surface area (Å²) in [6.45, 7) is 15.9. The summed E-state index contributed by atoms with van der Waals surface area (Å²) < 4.78 is 5.26. The van der Waals surface area contributed by atoms with Gasteiger partial charge in [0, 0.05) is 12.1 Å². The number of benzene rings is 1. The van der Waals surface area contributed by atoms with E-state index in [-0.39, 0.29) is 11.9 Å². The van der Waals surface area contributed by atoms with Gasteiger partial charge >= 0.3 is 6.09 Å². The Labute approximate surface area is 204 Å². The third kappa shape index (κ3) is 8.31. The number of hydrogen-bond acceptors (Lipinski definition) is 5. The van der Waals surface area contributed by atoms with Gasteiger partial charge in [-0.05, 0) is 78.5 Å². The highest BCUT2D eigenvalue weighted by Gasteiger charge is 2.39. The zero-order valence-corrected chi connectivity index (χ0v) is 22.2. The van der Waals surface area contributed by atoms with Crippen LogP contribution in [0, 0.1) is 13.8 Å². The minimum atomic E-state index is -1.26. The molecule has 0 bridgehead atoms. The summed E-state index contributed by atoms with van der Waals surface area (Å²) in [6, 6.07) is 3.07. The summed E-state index contributed by atoms with van der Waals surface area (Å²) in [5.41, 5.74) is 1.73. The molecule has 1 aromatic carbocycles. The van der Waals surface area contributed by atoms with Crippen LogP contribution in [0.3, 0.4) is 0 Å². The smallest absolute Gasteiger partial charge is 0.408 e. The number of alkyl carbamates (subject to hydrolysis) is 1. The fourth-order valence-corrected chi connectivity index (χ4v) is 3.98. The first-order valence-electron chi connectivity index (χ1n) is 12.0. The Morgan fingerprint density at radius 1 is 1.06 bits per heavy atom. The maximum atomic E-state index is 13.7. The number of aliphatic hydroxyl groups is 1. The molecule has 0 saturated carbocycles. The molecule has 3 atom stereocenters. The van der Waals surface area contributed by atoms with Crippen molar-refractivity contribution in [2.24, 2.45) is 0 Å². The SMILES string of the molecule is CCCC(C)NC(=O)C(c1c(C)cccc1C)N(C(=O)C(CO)NC(=O)OC(C)(C)C)C(C)C. The van der Waals surface area contributed by atoms with Gasteiger partial charge in [-0.25, -0.2) is 4.79 Å². The molecule has 0 aliphatic carbocycles. The second-order valence-corrected chi connectivity index (χ2v) is 10.1. The van der Waals surface area contributed by atoms with Crippen molar-refractivity contribution in [1.82, 2.24) is 15.5 Å². The van der Waals surface area contributed by atoms with E-state index in [0.717, 1.165) is 29.5 Å². The minimum Gasteiger partial charge on any atom is -0.444 e. The monoisotopic (exact) mass is 477 g/mol. The Bertz CT molecular complexity index is 827. The zero-order valence-electron chi connectivity index (χ0n) is 22.2. The Morgan fingerprint density at radius 2 is 1.62 bits per heavy atom. The first kappa shape index (κ1) is 29.4. The predicted octanol–water partition coefficient (Wildman–Crippen LogP) is 3.77. The van der Waals surface area contributed by atoms with Crippen LogP contribution in [0.15, 0.2) is 18.2 Å². The molecule has 3 unspecified atom stereocenters. The molecule has 8 nitrogen and oxygen atoms in total. The number of hydrogen-bond donors (Lipinski definition) is 3. The van der Waals surface area contributed by atoms with E-state index < -0.39 is 42.3 Å². The van der Waals surface area contributed by atoms with Crippen LogP contribution in [0.5, 0.6) is 0 Å². The average Bonchev–Trinajstić information content (AvgIpc) is 2.69. The summed E-state index contributed by atoms with van der Waals surface area (Å²) in [5.74, 6) is -0.858. The Morgan fingerprint density at radius 3 is 2.06 bits per heavy atom. The standard InChI is InChI=1S/C26H43N3O5/c1-10-12-19(6)27-23(31)22(21-17(4)13-11-14-18(21)5)29(16(2)3)24(32)20(15-30)28-25(33)34-26(7,8)9/h11,13-14,16,19-20,22,30H,10,12,15H2,1-9H3,(H,27,31)(H,28,33). The fourth-order valence-electron chi connectivity index (χ4n) is 3.98. The zero-order chi connectivity index (χ0) is 26.2. The van der Waals surface area contributed by atoms with E-state index in [1.807, 2.05) is 59.7 Å². The van der Waals surface area contributed by atoms with Gasteiger partial charge in [-0.3, -0.25) is 9.59 Å². The van der Waals surface area contributed by atoms with Gasteiger partial charge in [0.25, 0.3) is 0 Å². The van der Waals surface area contributed by atoms with Crippen molar-refractivity contribution in [3.8, 4) is 0 Å². The fraction of sp³-hybridized carbons (Fsp3) is 0.654. The highest BCUT2D eigenvalue weighted by Crippen LogP contribution is 2.30. The molecule has 0 spiro atoms. The van der Waals surface area contributed by atoms with E-state index in [2.05, 4.69) is 10.6 Å². The molecule has 0 aromatic heterocycles. The number of rotatable bonds is 10. The first-order chi connectivity index (χ1) is 15.7. The van der Waals surface area contributed by atoms with E-state index in [4.69, 9.17) is 4.74 Å². The van der Waals surface area contributed by atoms with Crippen LogP contribution >= 0.6 is 0 Å². The number of ether oxygens (including phenoxy) is 1. The van der Waals surface area contributed by atoms with Gasteiger partial charge in [-0.15, -0.1) is 0 Å². The lowest BCUT2D eigenvalue weighted by molar-refractivity contribution is -0.145. The molecule has 1 aromatic rings. The molecule has 192 valence electrons. The molecule has 3 N–H and O–H groups in total. The van der Waals surface area contributed by atoms with Gasteiger partial charge in [-0.2, -0.15) is 0 Å². The lowest BCUT2D eigenvalue weighted by Gasteiger charge is -2.38.